The van der Waals surface area contributed by atoms with Gasteiger partial charge < -0.3 is 4.57 Å². The highest BCUT2D eigenvalue weighted by atomic mass is 32.1. The average Bonchev–Trinajstić information content (AvgIpc) is 3.84. The van der Waals surface area contributed by atoms with E-state index in [1.54, 1.807) is 22.7 Å². The van der Waals surface area contributed by atoms with E-state index >= 15 is 0 Å². The van der Waals surface area contributed by atoms with Crippen molar-refractivity contribution in [1.29, 1.82) is 0 Å². The lowest BCUT2D eigenvalue weighted by molar-refractivity contribution is 1.14. The Balaban J connectivity index is 1.09. The third-order valence-corrected chi connectivity index (χ3v) is 10.5. The van der Waals surface area contributed by atoms with Gasteiger partial charge in [-0.3, -0.25) is 14.5 Å². The molecule has 206 valence electrons. The summed E-state index contributed by atoms with van der Waals surface area (Å²) in [6.07, 6.45) is 7.61. The first-order valence-corrected chi connectivity index (χ1v) is 15.9. The Kier molecular flexibility index (Phi) is 4.94. The van der Waals surface area contributed by atoms with Gasteiger partial charge in [-0.25, -0.2) is 9.97 Å². The summed E-state index contributed by atoms with van der Waals surface area (Å²) in [4.78, 5) is 18.9. The maximum absolute atomic E-state index is 5.06. The van der Waals surface area contributed by atoms with Crippen LogP contribution in [0.15, 0.2) is 122 Å². The fourth-order valence-corrected chi connectivity index (χ4v) is 8.46. The lowest BCUT2D eigenvalue weighted by Gasteiger charge is -2.07. The normalized spacial score (nSPS) is 12.1. The molecule has 6 aromatic heterocycles. The highest BCUT2D eigenvalue weighted by Gasteiger charge is 2.17. The molecule has 0 fully saturated rings. The first kappa shape index (κ1) is 24.0. The van der Waals surface area contributed by atoms with Crippen molar-refractivity contribution >= 4 is 86.7 Å². The lowest BCUT2D eigenvalue weighted by Crippen LogP contribution is -1.93. The summed E-state index contributed by atoms with van der Waals surface area (Å²) in [5, 5.41) is 6.63. The molecule has 0 unspecified atom stereocenters. The standard InChI is InChI=1S/C36H20N6S2/c1-3-7-29-23(5-1)25-19-37-15-13-31(25)41(29)22-10-12-27-34(18-22)43-35(39-27)21-9-11-28-33(17-21)44-36(40-28)42-30-8-4-2-6-24(30)26-20-38-16-14-32(26)42/h1-20H. The molecule has 0 spiro atoms. The molecule has 0 atom stereocenters. The fourth-order valence-electron chi connectivity index (χ4n) is 6.43. The highest BCUT2D eigenvalue weighted by Crippen LogP contribution is 2.38. The second kappa shape index (κ2) is 9.03. The van der Waals surface area contributed by atoms with E-state index < -0.39 is 0 Å². The van der Waals surface area contributed by atoms with E-state index in [0.29, 0.717) is 0 Å². The second-order valence-corrected chi connectivity index (χ2v) is 12.9. The summed E-state index contributed by atoms with van der Waals surface area (Å²) in [5.74, 6) is 0. The van der Waals surface area contributed by atoms with E-state index in [1.165, 1.54) is 16.3 Å². The first-order chi connectivity index (χ1) is 21.8. The van der Waals surface area contributed by atoms with E-state index in [1.807, 2.05) is 24.8 Å². The number of benzene rings is 4. The van der Waals surface area contributed by atoms with Crippen LogP contribution in [0.1, 0.15) is 0 Å². The van der Waals surface area contributed by atoms with Gasteiger partial charge in [0.15, 0.2) is 5.13 Å². The summed E-state index contributed by atoms with van der Waals surface area (Å²) >= 11 is 3.43. The topological polar surface area (TPSA) is 61.4 Å². The van der Waals surface area contributed by atoms with Crippen LogP contribution in [0.5, 0.6) is 0 Å². The molecule has 0 bridgehead atoms. The van der Waals surface area contributed by atoms with Crippen molar-refractivity contribution in [3.8, 4) is 21.4 Å². The molecule has 0 aliphatic carbocycles. The smallest absolute Gasteiger partial charge is 0.195 e. The minimum atomic E-state index is 0.949. The van der Waals surface area contributed by atoms with Gasteiger partial charge in [-0.05, 0) is 60.7 Å². The predicted molar refractivity (Wildman–Crippen MR) is 183 cm³/mol. The van der Waals surface area contributed by atoms with E-state index in [-0.39, 0.29) is 0 Å². The molecule has 0 saturated heterocycles. The van der Waals surface area contributed by atoms with Gasteiger partial charge in [0.05, 0.1) is 42.5 Å². The Hall–Kier alpha value is -5.44. The minimum Gasteiger partial charge on any atom is -0.309 e. The average molecular weight is 601 g/mol. The van der Waals surface area contributed by atoms with Gasteiger partial charge in [-0.2, -0.15) is 0 Å². The number of hydrogen-bond donors (Lipinski definition) is 0. The lowest BCUT2D eigenvalue weighted by atomic mass is 10.2. The summed E-state index contributed by atoms with van der Waals surface area (Å²) in [5.41, 5.74) is 8.78. The molecule has 0 aliphatic heterocycles. The molecule has 10 aromatic rings. The van der Waals surface area contributed by atoms with E-state index in [0.717, 1.165) is 69.1 Å². The van der Waals surface area contributed by atoms with Crippen LogP contribution in [0.3, 0.4) is 0 Å². The van der Waals surface area contributed by atoms with Crippen LogP contribution >= 0.6 is 22.7 Å². The van der Waals surface area contributed by atoms with Crippen LogP contribution in [-0.2, 0) is 0 Å². The number of fused-ring (bicyclic) bond motifs is 8. The van der Waals surface area contributed by atoms with Crippen LogP contribution < -0.4 is 0 Å². The SMILES string of the molecule is c1ccc2c(c1)c1cnccc1n2-c1ccc2nc(-c3ccc4nc(-n5c6ccccc6c6cnccc65)sc4c3)sc2c1. The van der Waals surface area contributed by atoms with E-state index in [4.69, 9.17) is 9.97 Å². The van der Waals surface area contributed by atoms with Crippen LogP contribution in [0.2, 0.25) is 0 Å². The summed E-state index contributed by atoms with van der Waals surface area (Å²) in [6.45, 7) is 0. The summed E-state index contributed by atoms with van der Waals surface area (Å²) in [7, 11) is 0. The molecule has 0 amide bonds. The van der Waals surface area contributed by atoms with E-state index in [2.05, 4.69) is 116 Å². The van der Waals surface area contributed by atoms with Crippen LogP contribution in [-0.4, -0.2) is 29.1 Å². The molecule has 0 radical (unpaired) electrons. The number of pyridine rings is 2. The maximum Gasteiger partial charge on any atom is 0.195 e. The van der Waals surface area contributed by atoms with Gasteiger partial charge in [0.2, 0.25) is 0 Å². The Labute approximate surface area is 258 Å². The van der Waals surface area contributed by atoms with Crippen molar-refractivity contribution in [3.05, 3.63) is 122 Å². The molecule has 6 nitrogen and oxygen atoms in total. The monoisotopic (exact) mass is 600 g/mol. The highest BCUT2D eigenvalue weighted by molar-refractivity contribution is 7.22. The van der Waals surface area contributed by atoms with Crippen molar-refractivity contribution in [3.63, 3.8) is 0 Å². The number of rotatable bonds is 3. The number of nitrogens with zero attached hydrogens (tertiary/aromatic N) is 6. The van der Waals surface area contributed by atoms with Gasteiger partial charge in [0, 0.05) is 57.6 Å². The molecule has 0 N–H and O–H groups in total. The largest absolute Gasteiger partial charge is 0.309 e. The molecule has 44 heavy (non-hydrogen) atoms. The van der Waals surface area contributed by atoms with Crippen molar-refractivity contribution < 1.29 is 0 Å². The van der Waals surface area contributed by atoms with Crippen LogP contribution in [0.4, 0.5) is 0 Å². The molecule has 0 saturated carbocycles. The fraction of sp³-hybridized carbons (Fsp3) is 0. The van der Waals surface area contributed by atoms with Crippen molar-refractivity contribution in [2.75, 3.05) is 0 Å². The Morgan fingerprint density at radius 2 is 1.11 bits per heavy atom. The third kappa shape index (κ3) is 3.40. The van der Waals surface area contributed by atoms with Gasteiger partial charge in [0.25, 0.3) is 0 Å². The second-order valence-electron chi connectivity index (χ2n) is 10.8. The molecular weight excluding hydrogens is 581 g/mol. The quantitative estimate of drug-likeness (QED) is 0.203. The zero-order valence-corrected chi connectivity index (χ0v) is 24.7. The molecular formula is C36H20N6S2. The van der Waals surface area contributed by atoms with Crippen molar-refractivity contribution in [2.45, 2.75) is 0 Å². The van der Waals surface area contributed by atoms with Gasteiger partial charge >= 0.3 is 0 Å². The maximum atomic E-state index is 5.06. The van der Waals surface area contributed by atoms with Crippen LogP contribution in [0, 0.1) is 0 Å². The summed E-state index contributed by atoms with van der Waals surface area (Å²) < 4.78 is 6.86. The molecule has 6 heterocycles. The zero-order valence-electron chi connectivity index (χ0n) is 23.0. The predicted octanol–water partition coefficient (Wildman–Crippen LogP) is 9.56. The Morgan fingerprint density at radius 1 is 0.500 bits per heavy atom. The summed E-state index contributed by atoms with van der Waals surface area (Å²) in [6, 6.07) is 34.2. The molecule has 10 rings (SSSR count). The van der Waals surface area contributed by atoms with Crippen molar-refractivity contribution in [2.24, 2.45) is 0 Å². The van der Waals surface area contributed by atoms with Gasteiger partial charge in [-0.1, -0.05) is 47.7 Å². The van der Waals surface area contributed by atoms with Gasteiger partial charge in [0.1, 0.15) is 5.01 Å². The third-order valence-electron chi connectivity index (χ3n) is 8.39. The minimum absolute atomic E-state index is 0.949. The zero-order chi connectivity index (χ0) is 28.8. The first-order valence-electron chi connectivity index (χ1n) is 14.3. The molecule has 8 heteroatoms. The molecule has 0 aliphatic rings. The van der Waals surface area contributed by atoms with Crippen LogP contribution in [0.25, 0.3) is 85.4 Å². The molecule has 4 aromatic carbocycles. The Bertz CT molecular complexity index is 2530. The Morgan fingerprint density at radius 3 is 1.89 bits per heavy atom. The van der Waals surface area contributed by atoms with Crippen molar-refractivity contribution in [1.82, 2.24) is 29.1 Å². The van der Waals surface area contributed by atoms with Gasteiger partial charge in [-0.15, -0.1) is 11.3 Å². The van der Waals surface area contributed by atoms with E-state index in [9.17, 15) is 0 Å². The number of hydrogen-bond acceptors (Lipinski definition) is 6. The number of para-hydroxylation sites is 2. The number of thiazole rings is 2. The number of aromatic nitrogens is 6.